The number of ether oxygens (including phenoxy) is 1. The number of methoxy groups -OCH3 is 1. The molecule has 0 spiro atoms. The minimum Gasteiger partial charge on any atom is -0.495 e. The van der Waals surface area contributed by atoms with Crippen molar-refractivity contribution < 1.29 is 9.84 Å². The third kappa shape index (κ3) is 4.15. The van der Waals surface area contributed by atoms with Gasteiger partial charge in [0.25, 0.3) is 0 Å². The molecule has 0 saturated carbocycles. The molecule has 6 heteroatoms. The lowest BCUT2D eigenvalue weighted by molar-refractivity contribution is 0.168. The summed E-state index contributed by atoms with van der Waals surface area (Å²) in [6, 6.07) is 16.2. The SMILES string of the molecule is COc1c2cc(Cl)ccc2nc2cn(CCC3CCN(Cc4ccccc4)CC3)c(O)c12. The van der Waals surface area contributed by atoms with E-state index in [4.69, 9.17) is 21.3 Å². The zero-order valence-corrected chi connectivity index (χ0v) is 19.1. The number of hydrogen-bond donors (Lipinski definition) is 1. The Balaban J connectivity index is 1.28. The second-order valence-corrected chi connectivity index (χ2v) is 9.14. The van der Waals surface area contributed by atoms with Gasteiger partial charge in [-0.15, -0.1) is 0 Å². The van der Waals surface area contributed by atoms with Gasteiger partial charge in [0.1, 0.15) is 11.1 Å². The van der Waals surface area contributed by atoms with Crippen molar-refractivity contribution in [2.45, 2.75) is 32.4 Å². The van der Waals surface area contributed by atoms with E-state index in [-0.39, 0.29) is 5.88 Å². The van der Waals surface area contributed by atoms with Crippen LogP contribution in [0.3, 0.4) is 0 Å². The summed E-state index contributed by atoms with van der Waals surface area (Å²) in [5, 5.41) is 13.1. The van der Waals surface area contributed by atoms with Gasteiger partial charge in [0.2, 0.25) is 5.88 Å². The van der Waals surface area contributed by atoms with E-state index in [1.807, 2.05) is 29.0 Å². The molecule has 0 bridgehead atoms. The molecular formula is C26H28ClN3O2. The van der Waals surface area contributed by atoms with E-state index in [1.54, 1.807) is 7.11 Å². The molecule has 1 fully saturated rings. The highest BCUT2D eigenvalue weighted by atomic mass is 35.5. The van der Waals surface area contributed by atoms with Crippen molar-refractivity contribution in [3.8, 4) is 11.6 Å². The number of rotatable bonds is 6. The smallest absolute Gasteiger partial charge is 0.204 e. The van der Waals surface area contributed by atoms with E-state index in [2.05, 4.69) is 35.2 Å². The average molecular weight is 450 g/mol. The molecule has 3 heterocycles. The minimum atomic E-state index is 0.215. The van der Waals surface area contributed by atoms with Gasteiger partial charge in [0.15, 0.2) is 0 Å². The Labute approximate surface area is 193 Å². The first-order valence-corrected chi connectivity index (χ1v) is 11.6. The molecule has 5 rings (SSSR count). The Bertz CT molecular complexity index is 1230. The maximum atomic E-state index is 11.0. The topological polar surface area (TPSA) is 50.5 Å². The molecule has 4 aromatic rings. The maximum absolute atomic E-state index is 11.0. The molecule has 32 heavy (non-hydrogen) atoms. The number of aromatic nitrogens is 2. The second kappa shape index (κ2) is 9.00. The van der Waals surface area contributed by atoms with Crippen LogP contribution in [0, 0.1) is 5.92 Å². The summed E-state index contributed by atoms with van der Waals surface area (Å²) < 4.78 is 7.58. The van der Waals surface area contributed by atoms with E-state index in [0.717, 1.165) is 49.0 Å². The fraction of sp³-hybridized carbons (Fsp3) is 0.346. The first-order valence-electron chi connectivity index (χ1n) is 11.2. The zero-order valence-electron chi connectivity index (χ0n) is 18.3. The number of aromatic hydroxyl groups is 1. The Morgan fingerprint density at radius 3 is 2.62 bits per heavy atom. The number of hydrogen-bond acceptors (Lipinski definition) is 4. The van der Waals surface area contributed by atoms with Gasteiger partial charge in [-0.2, -0.15) is 0 Å². The molecule has 2 aromatic heterocycles. The molecule has 166 valence electrons. The van der Waals surface area contributed by atoms with Crippen LogP contribution in [0.15, 0.2) is 54.7 Å². The largest absolute Gasteiger partial charge is 0.495 e. The Morgan fingerprint density at radius 2 is 1.88 bits per heavy atom. The first kappa shape index (κ1) is 21.1. The number of fused-ring (bicyclic) bond motifs is 2. The monoisotopic (exact) mass is 449 g/mol. The van der Waals surface area contributed by atoms with Gasteiger partial charge in [-0.05, 0) is 62.0 Å². The molecule has 2 aromatic carbocycles. The van der Waals surface area contributed by atoms with Crippen molar-refractivity contribution in [2.75, 3.05) is 20.2 Å². The van der Waals surface area contributed by atoms with Crippen molar-refractivity contribution in [3.63, 3.8) is 0 Å². The van der Waals surface area contributed by atoms with Crippen molar-refractivity contribution in [3.05, 3.63) is 65.3 Å². The molecule has 0 unspecified atom stereocenters. The van der Waals surface area contributed by atoms with E-state index >= 15 is 0 Å². The summed E-state index contributed by atoms with van der Waals surface area (Å²) in [5.41, 5.74) is 2.93. The number of likely N-dealkylation sites (tertiary alicyclic amines) is 1. The van der Waals surface area contributed by atoms with Crippen LogP contribution in [0.4, 0.5) is 0 Å². The molecule has 1 aliphatic heterocycles. The van der Waals surface area contributed by atoms with Gasteiger partial charge in [-0.3, -0.25) is 4.90 Å². The molecule has 0 atom stereocenters. The van der Waals surface area contributed by atoms with Crippen molar-refractivity contribution >= 4 is 33.4 Å². The van der Waals surface area contributed by atoms with E-state index in [9.17, 15) is 5.11 Å². The van der Waals surface area contributed by atoms with Gasteiger partial charge < -0.3 is 14.4 Å². The standard InChI is InChI=1S/C26H28ClN3O2/c1-32-25-21-15-20(27)7-8-22(21)28-23-17-30(26(31)24(23)25)14-11-18-9-12-29(13-10-18)16-19-5-3-2-4-6-19/h2-8,15,17-18,31H,9-14,16H2,1H3. The third-order valence-electron chi connectivity index (χ3n) is 6.64. The summed E-state index contributed by atoms with van der Waals surface area (Å²) in [4.78, 5) is 7.27. The lowest BCUT2D eigenvalue weighted by Crippen LogP contribution is -2.33. The molecule has 0 radical (unpaired) electrons. The van der Waals surface area contributed by atoms with Crippen LogP contribution in [-0.4, -0.2) is 39.8 Å². The number of piperidine rings is 1. The van der Waals surface area contributed by atoms with Gasteiger partial charge in [-0.25, -0.2) is 4.98 Å². The highest BCUT2D eigenvalue weighted by Gasteiger charge is 2.22. The van der Waals surface area contributed by atoms with Crippen LogP contribution in [0.2, 0.25) is 5.02 Å². The summed E-state index contributed by atoms with van der Waals surface area (Å²) in [6.07, 6.45) is 5.36. The van der Waals surface area contributed by atoms with Gasteiger partial charge in [0, 0.05) is 29.7 Å². The molecule has 1 saturated heterocycles. The number of benzene rings is 2. The average Bonchev–Trinajstić information content (AvgIpc) is 3.13. The second-order valence-electron chi connectivity index (χ2n) is 8.71. The number of halogens is 1. The molecule has 1 N–H and O–H groups in total. The van der Waals surface area contributed by atoms with Gasteiger partial charge in [0.05, 0.1) is 18.1 Å². The lowest BCUT2D eigenvalue weighted by Gasteiger charge is -2.32. The highest BCUT2D eigenvalue weighted by molar-refractivity contribution is 6.31. The summed E-state index contributed by atoms with van der Waals surface area (Å²) >= 11 is 6.18. The Hall–Kier alpha value is -2.76. The van der Waals surface area contributed by atoms with Crippen LogP contribution in [0.5, 0.6) is 11.6 Å². The van der Waals surface area contributed by atoms with E-state index in [1.165, 1.54) is 18.4 Å². The van der Waals surface area contributed by atoms with Crippen LogP contribution in [0.1, 0.15) is 24.8 Å². The van der Waals surface area contributed by atoms with Crippen LogP contribution < -0.4 is 4.74 Å². The highest BCUT2D eigenvalue weighted by Crippen LogP contribution is 2.40. The predicted octanol–water partition coefficient (Wildman–Crippen LogP) is 5.86. The van der Waals surface area contributed by atoms with Crippen LogP contribution >= 0.6 is 11.6 Å². The minimum absolute atomic E-state index is 0.215. The maximum Gasteiger partial charge on any atom is 0.204 e. The number of nitrogens with zero attached hydrogens (tertiary/aromatic N) is 3. The molecule has 5 nitrogen and oxygen atoms in total. The van der Waals surface area contributed by atoms with Crippen LogP contribution in [0.25, 0.3) is 21.8 Å². The third-order valence-corrected chi connectivity index (χ3v) is 6.87. The van der Waals surface area contributed by atoms with Crippen molar-refractivity contribution in [1.29, 1.82) is 0 Å². The Morgan fingerprint density at radius 1 is 1.09 bits per heavy atom. The normalized spacial score (nSPS) is 15.6. The molecule has 0 aliphatic carbocycles. The first-order chi connectivity index (χ1) is 15.6. The fourth-order valence-corrected chi connectivity index (χ4v) is 5.04. The Kier molecular flexibility index (Phi) is 5.94. The van der Waals surface area contributed by atoms with Gasteiger partial charge >= 0.3 is 0 Å². The molecular weight excluding hydrogens is 422 g/mol. The summed E-state index contributed by atoms with van der Waals surface area (Å²) in [7, 11) is 1.62. The quantitative estimate of drug-likeness (QED) is 0.400. The van der Waals surface area contributed by atoms with E-state index in [0.29, 0.717) is 22.1 Å². The predicted molar refractivity (Wildman–Crippen MR) is 130 cm³/mol. The number of aryl methyl sites for hydroxylation is 1. The summed E-state index contributed by atoms with van der Waals surface area (Å²) in [5.74, 6) is 1.50. The fourth-order valence-electron chi connectivity index (χ4n) is 4.87. The van der Waals surface area contributed by atoms with E-state index < -0.39 is 0 Å². The lowest BCUT2D eigenvalue weighted by atomic mass is 9.93. The summed E-state index contributed by atoms with van der Waals surface area (Å²) in [6.45, 7) is 4.05. The molecule has 1 aliphatic rings. The zero-order chi connectivity index (χ0) is 22.1. The van der Waals surface area contributed by atoms with Gasteiger partial charge in [-0.1, -0.05) is 41.9 Å². The number of pyridine rings is 1. The molecule has 0 amide bonds. The van der Waals surface area contributed by atoms with Crippen molar-refractivity contribution in [1.82, 2.24) is 14.5 Å². The van der Waals surface area contributed by atoms with Crippen molar-refractivity contribution in [2.24, 2.45) is 5.92 Å². The van der Waals surface area contributed by atoms with Crippen LogP contribution in [-0.2, 0) is 13.1 Å².